The van der Waals surface area contributed by atoms with Crippen LogP contribution in [0.25, 0.3) is 0 Å². The second-order valence-electron chi connectivity index (χ2n) is 6.80. The van der Waals surface area contributed by atoms with Gasteiger partial charge in [-0.15, -0.1) is 5.06 Å². The summed E-state index contributed by atoms with van der Waals surface area (Å²) in [5.41, 5.74) is 0.455. The van der Waals surface area contributed by atoms with Crippen molar-refractivity contribution in [3.8, 4) is 0 Å². The summed E-state index contributed by atoms with van der Waals surface area (Å²) < 4.78 is 31.2. The van der Waals surface area contributed by atoms with Gasteiger partial charge in [0.25, 0.3) is 27.8 Å². The first kappa shape index (κ1) is 25.1. The monoisotopic (exact) mass is 491 g/mol. The van der Waals surface area contributed by atoms with Crippen LogP contribution in [-0.2, 0) is 29.3 Å². The van der Waals surface area contributed by atoms with Crippen molar-refractivity contribution in [3.63, 3.8) is 0 Å². The number of hydroxylamine groups is 2. The third-order valence-corrected chi connectivity index (χ3v) is 8.19. The highest BCUT2D eigenvalue weighted by atomic mass is 33.1. The predicted molar refractivity (Wildman–Crippen MR) is 112 cm³/mol. The van der Waals surface area contributed by atoms with Crippen LogP contribution in [-0.4, -0.2) is 76.2 Å². The summed E-state index contributed by atoms with van der Waals surface area (Å²) in [6.07, 6.45) is 2.46. The van der Waals surface area contributed by atoms with Gasteiger partial charge in [-0.1, -0.05) is 28.5 Å². The van der Waals surface area contributed by atoms with Gasteiger partial charge in [0.05, 0.1) is 12.0 Å². The lowest BCUT2D eigenvalue weighted by Gasteiger charge is -2.15. The fourth-order valence-corrected chi connectivity index (χ4v) is 5.48. The maximum Gasteiger partial charge on any atom is 0.333 e. The first-order valence-electron chi connectivity index (χ1n) is 8.94. The molecule has 1 N–H and O–H groups in total. The molecule has 0 saturated carbocycles. The van der Waals surface area contributed by atoms with Crippen LogP contribution in [0.4, 0.5) is 0 Å². The lowest BCUT2D eigenvalue weighted by Crippen LogP contribution is -2.36. The molecule has 1 fully saturated rings. The van der Waals surface area contributed by atoms with Crippen molar-refractivity contribution < 1.29 is 37.0 Å². The van der Waals surface area contributed by atoms with Crippen LogP contribution >= 0.6 is 21.6 Å². The molecule has 2 unspecified atom stereocenters. The summed E-state index contributed by atoms with van der Waals surface area (Å²) in [6, 6.07) is 1.71. The minimum Gasteiger partial charge on any atom is -0.345 e. The Morgan fingerprint density at radius 2 is 2.06 bits per heavy atom. The number of imide groups is 1. The number of nitrogens with zero attached hydrogens (tertiary/aromatic N) is 3. The van der Waals surface area contributed by atoms with E-state index in [4.69, 9.17) is 9.39 Å². The van der Waals surface area contributed by atoms with Crippen LogP contribution in [0.2, 0.25) is 0 Å². The Balaban J connectivity index is 1.85. The highest BCUT2D eigenvalue weighted by molar-refractivity contribution is 8.77. The van der Waals surface area contributed by atoms with E-state index in [0.717, 1.165) is 4.90 Å². The van der Waals surface area contributed by atoms with Gasteiger partial charge in [0.1, 0.15) is 0 Å². The summed E-state index contributed by atoms with van der Waals surface area (Å²) in [6.45, 7) is 1.85. The Labute approximate surface area is 187 Å². The zero-order chi connectivity index (χ0) is 23.3. The Hall–Kier alpha value is -2.16. The predicted octanol–water partition coefficient (Wildman–Crippen LogP) is 1.17. The molecule has 31 heavy (non-hydrogen) atoms. The van der Waals surface area contributed by atoms with E-state index >= 15 is 0 Å². The number of hydrogen-bond acceptors (Lipinski definition) is 10. The first-order valence-corrected chi connectivity index (χ1v) is 12.7. The van der Waals surface area contributed by atoms with Crippen molar-refractivity contribution in [2.24, 2.45) is 0 Å². The molecular formula is C17H21N3O8S3. The van der Waals surface area contributed by atoms with Crippen molar-refractivity contribution in [1.29, 1.82) is 0 Å². The van der Waals surface area contributed by atoms with Crippen molar-refractivity contribution in [2.45, 2.75) is 41.6 Å². The van der Waals surface area contributed by atoms with Crippen LogP contribution in [0.5, 0.6) is 0 Å². The number of pyridine rings is 1. The molecule has 14 heteroatoms. The molecule has 1 aliphatic heterocycles. The first-order chi connectivity index (χ1) is 14.4. The maximum atomic E-state index is 12.2. The average molecular weight is 492 g/mol. The standard InChI is InChI=1S/C17H21N3O8S3/c1-10(29-30-12-6-7-18-9-11(12)16(23)19(2)3)4-5-15(22)28-20-14(21)8-13(17(20)24)31(25,26)27/h6-7,9-10,13H,4-5,8H2,1-3H3,(H,25,26,27). The van der Waals surface area contributed by atoms with Crippen LogP contribution in [0.3, 0.4) is 0 Å². The van der Waals surface area contributed by atoms with E-state index in [2.05, 4.69) is 4.98 Å². The Kier molecular flexibility index (Phi) is 8.45. The van der Waals surface area contributed by atoms with Gasteiger partial charge in [-0.3, -0.25) is 23.9 Å². The zero-order valence-corrected chi connectivity index (χ0v) is 19.3. The number of carbonyl (C=O) groups excluding carboxylic acids is 4. The summed E-state index contributed by atoms with van der Waals surface area (Å²) in [5.74, 6) is -3.39. The molecule has 0 bridgehead atoms. The molecule has 11 nitrogen and oxygen atoms in total. The number of hydrogen-bond donors (Lipinski definition) is 1. The molecule has 3 amide bonds. The van der Waals surface area contributed by atoms with Gasteiger partial charge in [0, 0.05) is 43.1 Å². The topological polar surface area (TPSA) is 151 Å². The molecule has 1 saturated heterocycles. The van der Waals surface area contributed by atoms with Crippen molar-refractivity contribution in [2.75, 3.05) is 14.1 Å². The number of aromatic nitrogens is 1. The second-order valence-corrected chi connectivity index (χ2v) is 11.1. The van der Waals surface area contributed by atoms with Crippen molar-refractivity contribution >= 4 is 55.4 Å². The van der Waals surface area contributed by atoms with Gasteiger partial charge in [0.15, 0.2) is 5.25 Å². The lowest BCUT2D eigenvalue weighted by molar-refractivity contribution is -0.197. The Morgan fingerprint density at radius 1 is 1.39 bits per heavy atom. The third kappa shape index (κ3) is 6.66. The van der Waals surface area contributed by atoms with Gasteiger partial charge >= 0.3 is 5.97 Å². The molecule has 0 aromatic carbocycles. The molecule has 2 rings (SSSR count). The van der Waals surface area contributed by atoms with Gasteiger partial charge in [-0.25, -0.2) is 4.79 Å². The van der Waals surface area contributed by atoms with Crippen molar-refractivity contribution in [3.05, 3.63) is 24.0 Å². The Bertz CT molecular complexity index is 983. The maximum absolute atomic E-state index is 12.2. The zero-order valence-electron chi connectivity index (χ0n) is 16.9. The fourth-order valence-electron chi connectivity index (χ4n) is 2.42. The highest BCUT2D eigenvalue weighted by Gasteiger charge is 2.48. The van der Waals surface area contributed by atoms with Gasteiger partial charge < -0.3 is 9.74 Å². The van der Waals surface area contributed by atoms with Crippen LogP contribution in [0.1, 0.15) is 36.5 Å². The molecule has 0 spiro atoms. The van der Waals surface area contributed by atoms with Crippen molar-refractivity contribution in [1.82, 2.24) is 14.9 Å². The summed E-state index contributed by atoms with van der Waals surface area (Å²) >= 11 is 0. The largest absolute Gasteiger partial charge is 0.345 e. The highest BCUT2D eigenvalue weighted by Crippen LogP contribution is 2.37. The van der Waals surface area contributed by atoms with Gasteiger partial charge in [0.2, 0.25) is 0 Å². The third-order valence-electron chi connectivity index (χ3n) is 4.09. The van der Waals surface area contributed by atoms with E-state index in [-0.39, 0.29) is 22.6 Å². The molecule has 0 radical (unpaired) electrons. The fraction of sp³-hybridized carbons (Fsp3) is 0.471. The molecule has 1 aliphatic rings. The van der Waals surface area contributed by atoms with E-state index in [1.807, 2.05) is 6.92 Å². The molecule has 1 aromatic heterocycles. The number of amides is 3. The van der Waals surface area contributed by atoms with Gasteiger partial charge in [-0.2, -0.15) is 8.42 Å². The quantitative estimate of drug-likeness (QED) is 0.301. The summed E-state index contributed by atoms with van der Waals surface area (Å²) in [5, 5.41) is -1.94. The summed E-state index contributed by atoms with van der Waals surface area (Å²) in [7, 11) is 1.27. The molecule has 0 aliphatic carbocycles. The van der Waals surface area contributed by atoms with Crippen LogP contribution in [0.15, 0.2) is 23.4 Å². The second kappa shape index (κ2) is 10.4. The average Bonchev–Trinajstić information content (AvgIpc) is 2.98. The number of rotatable bonds is 9. The smallest absolute Gasteiger partial charge is 0.333 e. The van der Waals surface area contributed by atoms with Crippen LogP contribution < -0.4 is 0 Å². The molecule has 2 heterocycles. The van der Waals surface area contributed by atoms with Crippen LogP contribution in [0, 0.1) is 0 Å². The Morgan fingerprint density at radius 3 is 2.65 bits per heavy atom. The normalized spacial score (nSPS) is 17.5. The van der Waals surface area contributed by atoms with Gasteiger partial charge in [-0.05, 0) is 12.5 Å². The minimum absolute atomic E-state index is 0.0661. The number of carbonyl (C=O) groups is 4. The van der Waals surface area contributed by atoms with E-state index in [1.165, 1.54) is 32.7 Å². The lowest BCUT2D eigenvalue weighted by atomic mass is 10.2. The minimum atomic E-state index is -4.77. The molecular weight excluding hydrogens is 470 g/mol. The molecule has 2 atom stereocenters. The molecule has 170 valence electrons. The molecule has 1 aromatic rings. The van der Waals surface area contributed by atoms with E-state index in [0.29, 0.717) is 12.0 Å². The summed E-state index contributed by atoms with van der Waals surface area (Å²) in [4.78, 5) is 58.6. The van der Waals surface area contributed by atoms with E-state index in [1.54, 1.807) is 26.4 Å². The van der Waals surface area contributed by atoms with E-state index in [9.17, 15) is 27.6 Å². The van der Waals surface area contributed by atoms with E-state index < -0.39 is 39.6 Å². The SMILES string of the molecule is CC(CCC(=O)ON1C(=O)CC(S(=O)(=O)O)C1=O)SSc1ccncc1C(=O)N(C)C.